The predicted molar refractivity (Wildman–Crippen MR) is 101 cm³/mol. The minimum atomic E-state index is -0.0743. The van der Waals surface area contributed by atoms with Crippen LogP contribution in [0.1, 0.15) is 21.5 Å². The Balaban J connectivity index is 1.70. The normalized spacial score (nSPS) is 10.7. The largest absolute Gasteiger partial charge is 0.497 e. The summed E-state index contributed by atoms with van der Waals surface area (Å²) < 4.78 is 11.0. The van der Waals surface area contributed by atoms with Crippen LogP contribution in [0.15, 0.2) is 79.1 Å². The highest BCUT2D eigenvalue weighted by Crippen LogP contribution is 2.21. The summed E-state index contributed by atoms with van der Waals surface area (Å²) in [5.41, 5.74) is 2.44. The maximum absolute atomic E-state index is 12.3. The van der Waals surface area contributed by atoms with Crippen LogP contribution in [0, 0.1) is 0 Å². The zero-order valence-corrected chi connectivity index (χ0v) is 14.5. The Hall–Kier alpha value is -3.40. The smallest absolute Gasteiger partial charge is 0.185 e. The summed E-state index contributed by atoms with van der Waals surface area (Å²) >= 11 is 0. The summed E-state index contributed by atoms with van der Waals surface area (Å²) in [6.45, 7) is 0.422. The van der Waals surface area contributed by atoms with Crippen molar-refractivity contribution >= 4 is 11.9 Å². The zero-order chi connectivity index (χ0) is 18.2. The second-order valence-electron chi connectivity index (χ2n) is 5.61. The molecule has 4 heteroatoms. The maximum Gasteiger partial charge on any atom is 0.185 e. The van der Waals surface area contributed by atoms with E-state index < -0.39 is 0 Å². The molecule has 0 amide bonds. The lowest BCUT2D eigenvalue weighted by Gasteiger charge is -2.09. The third-order valence-electron chi connectivity index (χ3n) is 3.82. The van der Waals surface area contributed by atoms with E-state index in [1.54, 1.807) is 55.9 Å². The van der Waals surface area contributed by atoms with Gasteiger partial charge in [-0.05, 0) is 48.6 Å². The van der Waals surface area contributed by atoms with Crippen LogP contribution in [-0.4, -0.2) is 17.9 Å². The second kappa shape index (κ2) is 8.62. The van der Waals surface area contributed by atoms with E-state index in [4.69, 9.17) is 9.47 Å². The molecule has 0 aliphatic heterocycles. The zero-order valence-electron chi connectivity index (χ0n) is 14.5. The summed E-state index contributed by atoms with van der Waals surface area (Å²) in [5.74, 6) is 1.37. The van der Waals surface area contributed by atoms with Crippen molar-refractivity contribution < 1.29 is 14.3 Å². The van der Waals surface area contributed by atoms with Gasteiger partial charge in [-0.1, -0.05) is 24.3 Å². The van der Waals surface area contributed by atoms with E-state index >= 15 is 0 Å². The lowest BCUT2D eigenvalue weighted by atomic mass is 10.1. The number of ketones is 1. The van der Waals surface area contributed by atoms with E-state index in [0.717, 1.165) is 22.6 Å². The van der Waals surface area contributed by atoms with Crippen LogP contribution >= 0.6 is 0 Å². The molecule has 0 saturated carbocycles. The van der Waals surface area contributed by atoms with Crippen LogP contribution in [-0.2, 0) is 6.61 Å². The molecule has 130 valence electrons. The topological polar surface area (TPSA) is 48.4 Å². The monoisotopic (exact) mass is 345 g/mol. The maximum atomic E-state index is 12.3. The number of carbonyl (C=O) groups excluding carboxylic acids is 1. The van der Waals surface area contributed by atoms with Crippen molar-refractivity contribution in [1.82, 2.24) is 4.98 Å². The van der Waals surface area contributed by atoms with E-state index in [1.165, 1.54) is 0 Å². The first-order valence-corrected chi connectivity index (χ1v) is 8.23. The van der Waals surface area contributed by atoms with Gasteiger partial charge in [0.15, 0.2) is 5.78 Å². The lowest BCUT2D eigenvalue weighted by molar-refractivity contribution is 0.104. The first-order valence-electron chi connectivity index (χ1n) is 8.23. The van der Waals surface area contributed by atoms with Crippen molar-refractivity contribution in [1.29, 1.82) is 0 Å². The number of carbonyl (C=O) groups is 1. The first-order chi connectivity index (χ1) is 12.8. The molecule has 1 heterocycles. The highest BCUT2D eigenvalue weighted by Gasteiger charge is 2.04. The standard InChI is InChI=1S/C22H19NO3/c1-25-20-11-8-18(9-12-20)21(24)13-10-19-6-2-3-7-22(19)26-16-17-5-4-14-23-15-17/h2-15H,16H2,1H3/b13-10+. The fourth-order valence-electron chi connectivity index (χ4n) is 2.41. The summed E-state index contributed by atoms with van der Waals surface area (Å²) in [7, 11) is 1.60. The molecule has 0 saturated heterocycles. The second-order valence-corrected chi connectivity index (χ2v) is 5.61. The number of hydrogen-bond acceptors (Lipinski definition) is 4. The fourth-order valence-corrected chi connectivity index (χ4v) is 2.41. The van der Waals surface area contributed by atoms with E-state index in [0.29, 0.717) is 12.2 Å². The molecule has 0 aliphatic carbocycles. The highest BCUT2D eigenvalue weighted by molar-refractivity contribution is 6.07. The number of methoxy groups -OCH3 is 1. The number of pyridine rings is 1. The van der Waals surface area contributed by atoms with Crippen molar-refractivity contribution in [3.63, 3.8) is 0 Å². The van der Waals surface area contributed by atoms with Crippen LogP contribution in [0.2, 0.25) is 0 Å². The number of allylic oxidation sites excluding steroid dienone is 1. The molecule has 2 aromatic carbocycles. The van der Waals surface area contributed by atoms with Crippen LogP contribution in [0.3, 0.4) is 0 Å². The van der Waals surface area contributed by atoms with Crippen LogP contribution < -0.4 is 9.47 Å². The van der Waals surface area contributed by atoms with E-state index in [2.05, 4.69) is 4.98 Å². The van der Waals surface area contributed by atoms with Gasteiger partial charge in [-0.2, -0.15) is 0 Å². The molecule has 0 aliphatic rings. The third kappa shape index (κ3) is 4.57. The SMILES string of the molecule is COc1ccc(C(=O)/C=C/c2ccccc2OCc2cccnc2)cc1. The number of aromatic nitrogens is 1. The summed E-state index contributed by atoms with van der Waals surface area (Å²) in [4.78, 5) is 16.4. The molecule has 0 N–H and O–H groups in total. The Morgan fingerprint density at radius 2 is 1.85 bits per heavy atom. The quantitative estimate of drug-likeness (QED) is 0.465. The fraction of sp³-hybridized carbons (Fsp3) is 0.0909. The van der Waals surface area contributed by atoms with Gasteiger partial charge in [0.25, 0.3) is 0 Å². The number of ether oxygens (including phenoxy) is 2. The molecule has 0 fully saturated rings. The van der Waals surface area contributed by atoms with Crippen LogP contribution in [0.25, 0.3) is 6.08 Å². The molecular weight excluding hydrogens is 326 g/mol. The summed E-state index contributed by atoms with van der Waals surface area (Å²) in [5, 5.41) is 0. The first kappa shape index (κ1) is 17.4. The minimum absolute atomic E-state index is 0.0743. The number of hydrogen-bond donors (Lipinski definition) is 0. The number of benzene rings is 2. The minimum Gasteiger partial charge on any atom is -0.497 e. The van der Waals surface area contributed by atoms with Gasteiger partial charge < -0.3 is 9.47 Å². The molecule has 0 spiro atoms. The molecule has 0 atom stereocenters. The van der Waals surface area contributed by atoms with Gasteiger partial charge in [-0.15, -0.1) is 0 Å². The van der Waals surface area contributed by atoms with Crippen molar-refractivity contribution in [2.24, 2.45) is 0 Å². The van der Waals surface area contributed by atoms with E-state index in [-0.39, 0.29) is 5.78 Å². The number of para-hydroxylation sites is 1. The van der Waals surface area contributed by atoms with Crippen molar-refractivity contribution in [3.05, 3.63) is 95.8 Å². The average molecular weight is 345 g/mol. The van der Waals surface area contributed by atoms with Crippen LogP contribution in [0.5, 0.6) is 11.5 Å². The van der Waals surface area contributed by atoms with E-state index in [1.807, 2.05) is 36.4 Å². The Morgan fingerprint density at radius 3 is 2.58 bits per heavy atom. The predicted octanol–water partition coefficient (Wildman–Crippen LogP) is 4.57. The van der Waals surface area contributed by atoms with E-state index in [9.17, 15) is 4.79 Å². The Bertz CT molecular complexity index is 887. The Morgan fingerprint density at radius 1 is 1.04 bits per heavy atom. The molecule has 4 nitrogen and oxygen atoms in total. The summed E-state index contributed by atoms with van der Waals surface area (Å²) in [6, 6.07) is 18.5. The van der Waals surface area contributed by atoms with Crippen molar-refractivity contribution in [2.75, 3.05) is 7.11 Å². The van der Waals surface area contributed by atoms with Gasteiger partial charge >= 0.3 is 0 Å². The molecule has 26 heavy (non-hydrogen) atoms. The van der Waals surface area contributed by atoms with Gasteiger partial charge in [-0.25, -0.2) is 0 Å². The lowest BCUT2D eigenvalue weighted by Crippen LogP contribution is -1.98. The van der Waals surface area contributed by atoms with Gasteiger partial charge in [0.05, 0.1) is 7.11 Å². The highest BCUT2D eigenvalue weighted by atomic mass is 16.5. The van der Waals surface area contributed by atoms with Crippen molar-refractivity contribution in [2.45, 2.75) is 6.61 Å². The average Bonchev–Trinajstić information content (AvgIpc) is 2.72. The van der Waals surface area contributed by atoms with Gasteiger partial charge in [0.1, 0.15) is 18.1 Å². The number of rotatable bonds is 7. The molecular formula is C22H19NO3. The molecule has 3 rings (SSSR count). The van der Waals surface area contributed by atoms with Crippen molar-refractivity contribution in [3.8, 4) is 11.5 Å². The molecule has 0 unspecified atom stereocenters. The molecule has 3 aromatic rings. The Labute approximate surface area is 152 Å². The Kier molecular flexibility index (Phi) is 5.78. The van der Waals surface area contributed by atoms with Crippen LogP contribution in [0.4, 0.5) is 0 Å². The molecule has 0 bridgehead atoms. The number of nitrogens with zero attached hydrogens (tertiary/aromatic N) is 1. The van der Waals surface area contributed by atoms with Gasteiger partial charge in [0.2, 0.25) is 0 Å². The summed E-state index contributed by atoms with van der Waals surface area (Å²) in [6.07, 6.45) is 6.82. The third-order valence-corrected chi connectivity index (χ3v) is 3.82. The molecule has 0 radical (unpaired) electrons. The van der Waals surface area contributed by atoms with Gasteiger partial charge in [-0.3, -0.25) is 9.78 Å². The molecule has 1 aromatic heterocycles. The van der Waals surface area contributed by atoms with Gasteiger partial charge in [0, 0.05) is 29.1 Å².